The van der Waals surface area contributed by atoms with Crippen LogP contribution in [-0.2, 0) is 9.53 Å². The van der Waals surface area contributed by atoms with Crippen LogP contribution in [0.5, 0.6) is 5.75 Å². The Morgan fingerprint density at radius 1 is 1.48 bits per heavy atom. The van der Waals surface area contributed by atoms with Gasteiger partial charge in [-0.25, -0.2) is 4.79 Å². The second-order valence-corrected chi connectivity index (χ2v) is 5.26. The molecule has 7 nitrogen and oxygen atoms in total. The van der Waals surface area contributed by atoms with Gasteiger partial charge < -0.3 is 9.47 Å². The van der Waals surface area contributed by atoms with Crippen molar-refractivity contribution in [3.8, 4) is 5.75 Å². The monoisotopic (exact) mass is 294 g/mol. The first-order valence-electron chi connectivity index (χ1n) is 6.68. The van der Waals surface area contributed by atoms with Crippen molar-refractivity contribution in [2.75, 3.05) is 13.7 Å². The predicted molar refractivity (Wildman–Crippen MR) is 75.2 cm³/mol. The van der Waals surface area contributed by atoms with Gasteiger partial charge in [-0.05, 0) is 25.8 Å². The van der Waals surface area contributed by atoms with Gasteiger partial charge in [0, 0.05) is 12.1 Å². The Kier molecular flexibility index (Phi) is 4.42. The van der Waals surface area contributed by atoms with Crippen molar-refractivity contribution >= 4 is 11.7 Å². The lowest BCUT2D eigenvalue weighted by atomic mass is 10.0. The summed E-state index contributed by atoms with van der Waals surface area (Å²) in [5.41, 5.74) is -1.16. The number of esters is 1. The lowest BCUT2D eigenvalue weighted by molar-refractivity contribution is -0.385. The Morgan fingerprint density at radius 2 is 2.14 bits per heavy atom. The van der Waals surface area contributed by atoms with Crippen LogP contribution in [0.4, 0.5) is 5.69 Å². The van der Waals surface area contributed by atoms with Crippen molar-refractivity contribution in [1.29, 1.82) is 0 Å². The molecule has 0 saturated heterocycles. The maximum absolute atomic E-state index is 11.9. The normalized spacial score (nSPS) is 16.9. The number of hydrogen-bond donors (Lipinski definition) is 1. The first-order valence-corrected chi connectivity index (χ1v) is 6.68. The summed E-state index contributed by atoms with van der Waals surface area (Å²) in [6, 6.07) is 6.34. The van der Waals surface area contributed by atoms with Crippen molar-refractivity contribution in [1.82, 2.24) is 5.32 Å². The molecule has 1 N–H and O–H groups in total. The number of ether oxygens (including phenoxy) is 2. The van der Waals surface area contributed by atoms with E-state index in [9.17, 15) is 14.9 Å². The molecule has 1 atom stereocenters. The molecule has 0 aliphatic heterocycles. The molecule has 1 saturated carbocycles. The van der Waals surface area contributed by atoms with Crippen molar-refractivity contribution in [3.05, 3.63) is 34.4 Å². The summed E-state index contributed by atoms with van der Waals surface area (Å²) in [6.07, 6.45) is 2.00. The summed E-state index contributed by atoms with van der Waals surface area (Å²) in [7, 11) is 1.31. The van der Waals surface area contributed by atoms with Gasteiger partial charge in [-0.15, -0.1) is 0 Å². The van der Waals surface area contributed by atoms with Gasteiger partial charge >= 0.3 is 11.7 Å². The molecule has 2 rings (SSSR count). The Hall–Kier alpha value is -2.15. The first-order chi connectivity index (χ1) is 9.96. The van der Waals surface area contributed by atoms with Gasteiger partial charge in [0.1, 0.15) is 12.1 Å². The highest BCUT2D eigenvalue weighted by atomic mass is 16.6. The molecule has 0 spiro atoms. The third kappa shape index (κ3) is 3.69. The van der Waals surface area contributed by atoms with Crippen LogP contribution in [0.2, 0.25) is 0 Å². The Bertz CT molecular complexity index is 544. The summed E-state index contributed by atoms with van der Waals surface area (Å²) in [4.78, 5) is 22.4. The fourth-order valence-electron chi connectivity index (χ4n) is 2.02. The van der Waals surface area contributed by atoms with Crippen LogP contribution in [0.25, 0.3) is 0 Å². The quantitative estimate of drug-likeness (QED) is 0.467. The predicted octanol–water partition coefficient (Wildman–Crippen LogP) is 1.66. The average molecular weight is 294 g/mol. The van der Waals surface area contributed by atoms with Crippen LogP contribution in [0.15, 0.2) is 24.3 Å². The van der Waals surface area contributed by atoms with Gasteiger partial charge in [0.05, 0.1) is 12.0 Å². The molecule has 1 aliphatic carbocycles. The van der Waals surface area contributed by atoms with E-state index in [2.05, 4.69) is 5.32 Å². The number of nitrogens with zero attached hydrogens (tertiary/aromatic N) is 1. The summed E-state index contributed by atoms with van der Waals surface area (Å²) in [5.74, 6) is -0.316. The summed E-state index contributed by atoms with van der Waals surface area (Å²) in [6.45, 7) is 1.63. The summed E-state index contributed by atoms with van der Waals surface area (Å²) >= 11 is 0. The molecule has 1 aliphatic rings. The lowest BCUT2D eigenvalue weighted by Gasteiger charge is -2.27. The fourth-order valence-corrected chi connectivity index (χ4v) is 2.02. The van der Waals surface area contributed by atoms with Crippen LogP contribution in [0, 0.1) is 10.1 Å². The number of hydrogen-bond acceptors (Lipinski definition) is 6. The van der Waals surface area contributed by atoms with E-state index in [1.165, 1.54) is 19.2 Å². The Labute approximate surface area is 122 Å². The summed E-state index contributed by atoms with van der Waals surface area (Å²) in [5, 5.41) is 14.1. The molecule has 1 aromatic rings. The minimum absolute atomic E-state index is 0.0406. The van der Waals surface area contributed by atoms with Gasteiger partial charge in [-0.3, -0.25) is 15.4 Å². The molecule has 114 valence electrons. The average Bonchev–Trinajstić information content (AvgIpc) is 3.28. The standard InChI is InChI=1S/C14H18N2O5/c1-14(13(17)20-2,15-10-7-8-10)9-21-12-6-4-3-5-11(12)16(18)19/h3-6,10,15H,7-9H2,1-2H3. The number of nitro benzene ring substituents is 1. The first kappa shape index (κ1) is 15.2. The van der Waals surface area contributed by atoms with Crippen LogP contribution < -0.4 is 10.1 Å². The van der Waals surface area contributed by atoms with Gasteiger partial charge in [-0.1, -0.05) is 12.1 Å². The largest absolute Gasteiger partial charge is 0.484 e. The molecule has 1 aromatic carbocycles. The zero-order valence-corrected chi connectivity index (χ0v) is 12.0. The van der Waals surface area contributed by atoms with Gasteiger partial charge in [0.15, 0.2) is 5.75 Å². The van der Waals surface area contributed by atoms with Crippen molar-refractivity contribution < 1.29 is 19.2 Å². The number of carbonyl (C=O) groups is 1. The number of para-hydroxylation sites is 2. The van der Waals surface area contributed by atoms with Crippen LogP contribution in [0.1, 0.15) is 19.8 Å². The molecular weight excluding hydrogens is 276 g/mol. The second-order valence-electron chi connectivity index (χ2n) is 5.26. The maximum Gasteiger partial charge on any atom is 0.329 e. The van der Waals surface area contributed by atoms with Crippen LogP contribution in [0.3, 0.4) is 0 Å². The van der Waals surface area contributed by atoms with Crippen molar-refractivity contribution in [2.45, 2.75) is 31.3 Å². The molecule has 0 aromatic heterocycles. The number of carbonyl (C=O) groups excluding carboxylic acids is 1. The van der Waals surface area contributed by atoms with Crippen LogP contribution >= 0.6 is 0 Å². The van der Waals surface area contributed by atoms with Gasteiger partial charge in [-0.2, -0.15) is 0 Å². The third-order valence-electron chi connectivity index (χ3n) is 3.31. The molecule has 1 fully saturated rings. The number of nitro groups is 1. The number of benzene rings is 1. The molecular formula is C14H18N2O5. The van der Waals surface area contributed by atoms with Gasteiger partial charge in [0.25, 0.3) is 0 Å². The second kappa shape index (κ2) is 6.09. The zero-order chi connectivity index (χ0) is 15.5. The minimum Gasteiger partial charge on any atom is -0.484 e. The minimum atomic E-state index is -1.03. The van der Waals surface area contributed by atoms with E-state index in [4.69, 9.17) is 9.47 Å². The highest BCUT2D eigenvalue weighted by molar-refractivity contribution is 5.80. The topological polar surface area (TPSA) is 90.7 Å². The van der Waals surface area contributed by atoms with Gasteiger partial charge in [0.2, 0.25) is 0 Å². The molecule has 0 amide bonds. The fraction of sp³-hybridized carbons (Fsp3) is 0.500. The SMILES string of the molecule is COC(=O)C(C)(COc1ccccc1[N+](=O)[O-])NC1CC1. The van der Waals surface area contributed by atoms with E-state index in [0.29, 0.717) is 0 Å². The van der Waals surface area contributed by atoms with E-state index in [1.807, 2.05) is 0 Å². The van der Waals surface area contributed by atoms with E-state index < -0.39 is 16.4 Å². The summed E-state index contributed by atoms with van der Waals surface area (Å²) < 4.78 is 10.3. The number of nitrogens with one attached hydrogen (secondary N) is 1. The van der Waals surface area contributed by atoms with Crippen LogP contribution in [-0.4, -0.2) is 36.2 Å². The van der Waals surface area contributed by atoms with Crippen molar-refractivity contribution in [2.24, 2.45) is 0 Å². The van der Waals surface area contributed by atoms with E-state index in [1.54, 1.807) is 19.1 Å². The highest BCUT2D eigenvalue weighted by Gasteiger charge is 2.40. The van der Waals surface area contributed by atoms with E-state index in [-0.39, 0.29) is 24.1 Å². The third-order valence-corrected chi connectivity index (χ3v) is 3.31. The molecule has 0 heterocycles. The van der Waals surface area contributed by atoms with E-state index in [0.717, 1.165) is 12.8 Å². The highest BCUT2D eigenvalue weighted by Crippen LogP contribution is 2.28. The smallest absolute Gasteiger partial charge is 0.329 e. The maximum atomic E-state index is 11.9. The van der Waals surface area contributed by atoms with E-state index >= 15 is 0 Å². The molecule has 0 radical (unpaired) electrons. The molecule has 1 unspecified atom stereocenters. The Morgan fingerprint density at radius 3 is 2.71 bits per heavy atom. The zero-order valence-electron chi connectivity index (χ0n) is 12.0. The number of methoxy groups -OCH3 is 1. The molecule has 7 heteroatoms. The van der Waals surface area contributed by atoms with Crippen molar-refractivity contribution in [3.63, 3.8) is 0 Å². The lowest BCUT2D eigenvalue weighted by Crippen LogP contribution is -2.55. The Balaban J connectivity index is 2.11. The molecule has 21 heavy (non-hydrogen) atoms. The number of rotatable bonds is 7. The molecule has 0 bridgehead atoms.